The van der Waals surface area contributed by atoms with Crippen molar-refractivity contribution in [3.05, 3.63) is 63.6 Å². The molecule has 0 aliphatic heterocycles. The van der Waals surface area contributed by atoms with E-state index in [2.05, 4.69) is 21.2 Å². The van der Waals surface area contributed by atoms with Crippen LogP contribution in [0.2, 0.25) is 0 Å². The summed E-state index contributed by atoms with van der Waals surface area (Å²) in [7, 11) is 0. The highest BCUT2D eigenvalue weighted by molar-refractivity contribution is 9.10. The summed E-state index contributed by atoms with van der Waals surface area (Å²) in [5.74, 6) is 0.0628. The van der Waals surface area contributed by atoms with Crippen molar-refractivity contribution >= 4 is 27.5 Å². The second-order valence-corrected chi connectivity index (χ2v) is 6.69. The summed E-state index contributed by atoms with van der Waals surface area (Å²) in [6, 6.07) is 14.0. The molecule has 0 aromatic heterocycles. The van der Waals surface area contributed by atoms with Gasteiger partial charge in [-0.15, -0.1) is 0 Å². The highest BCUT2D eigenvalue weighted by atomic mass is 79.9. The zero-order valence-corrected chi connectivity index (χ0v) is 13.9. The number of amides is 1. The van der Waals surface area contributed by atoms with Gasteiger partial charge in [-0.25, -0.2) is 0 Å². The molecule has 0 bridgehead atoms. The maximum atomic E-state index is 12.3. The summed E-state index contributed by atoms with van der Waals surface area (Å²) < 4.78 is 0.997. The molecule has 0 spiro atoms. The molecule has 3 N–H and O–H groups in total. The van der Waals surface area contributed by atoms with Crippen molar-refractivity contribution in [2.75, 3.05) is 5.73 Å². The molecule has 114 valence electrons. The topological polar surface area (TPSA) is 55.1 Å². The van der Waals surface area contributed by atoms with Crippen LogP contribution in [0.3, 0.4) is 0 Å². The highest BCUT2D eigenvalue weighted by Gasteiger charge is 2.21. The molecule has 0 heterocycles. The molecule has 4 heteroatoms. The van der Waals surface area contributed by atoms with E-state index in [-0.39, 0.29) is 11.9 Å². The van der Waals surface area contributed by atoms with Crippen molar-refractivity contribution in [1.29, 1.82) is 0 Å². The summed E-state index contributed by atoms with van der Waals surface area (Å²) in [4.78, 5) is 12.3. The van der Waals surface area contributed by atoms with E-state index in [0.29, 0.717) is 6.42 Å². The average molecular weight is 359 g/mol. The van der Waals surface area contributed by atoms with Gasteiger partial charge in [0.05, 0.1) is 12.5 Å². The van der Waals surface area contributed by atoms with Crippen LogP contribution < -0.4 is 11.1 Å². The fourth-order valence-corrected chi connectivity index (χ4v) is 3.51. The molecule has 2 aromatic rings. The molecule has 1 unspecified atom stereocenters. The molecule has 3 nitrogen and oxygen atoms in total. The van der Waals surface area contributed by atoms with Crippen molar-refractivity contribution in [3.63, 3.8) is 0 Å². The van der Waals surface area contributed by atoms with Gasteiger partial charge >= 0.3 is 0 Å². The lowest BCUT2D eigenvalue weighted by molar-refractivity contribution is -0.121. The number of anilines is 1. The Kier molecular flexibility index (Phi) is 4.48. The van der Waals surface area contributed by atoms with Crippen molar-refractivity contribution in [1.82, 2.24) is 5.32 Å². The average Bonchev–Trinajstić information content (AvgIpc) is 2.47. The zero-order valence-electron chi connectivity index (χ0n) is 12.3. The van der Waals surface area contributed by atoms with Gasteiger partial charge in [-0.05, 0) is 60.2 Å². The van der Waals surface area contributed by atoms with E-state index in [1.807, 2.05) is 42.5 Å². The van der Waals surface area contributed by atoms with Gasteiger partial charge in [0.15, 0.2) is 0 Å². The Morgan fingerprint density at radius 2 is 2.14 bits per heavy atom. The quantitative estimate of drug-likeness (QED) is 0.820. The van der Waals surface area contributed by atoms with E-state index < -0.39 is 0 Å². The number of carbonyl (C=O) groups is 1. The van der Waals surface area contributed by atoms with Gasteiger partial charge in [-0.3, -0.25) is 4.79 Å². The van der Waals surface area contributed by atoms with Crippen molar-refractivity contribution in [2.24, 2.45) is 0 Å². The Morgan fingerprint density at radius 3 is 2.95 bits per heavy atom. The second kappa shape index (κ2) is 6.53. The summed E-state index contributed by atoms with van der Waals surface area (Å²) in [6.45, 7) is 0. The smallest absolute Gasteiger partial charge is 0.224 e. The van der Waals surface area contributed by atoms with E-state index in [9.17, 15) is 4.79 Å². The van der Waals surface area contributed by atoms with Crippen LogP contribution in [0.25, 0.3) is 0 Å². The Bertz CT molecular complexity index is 699. The van der Waals surface area contributed by atoms with E-state index in [1.165, 1.54) is 11.1 Å². The van der Waals surface area contributed by atoms with Crippen LogP contribution in [0, 0.1) is 0 Å². The molecule has 0 fully saturated rings. The third-order valence-electron chi connectivity index (χ3n) is 4.07. The third-order valence-corrected chi connectivity index (χ3v) is 4.56. The minimum absolute atomic E-state index is 0.0628. The molecule has 1 aliphatic carbocycles. The molecule has 3 rings (SSSR count). The van der Waals surface area contributed by atoms with Crippen LogP contribution in [-0.2, 0) is 17.6 Å². The number of aryl methyl sites for hydroxylation is 1. The summed E-state index contributed by atoms with van der Waals surface area (Å²) >= 11 is 3.44. The van der Waals surface area contributed by atoms with E-state index in [1.54, 1.807) is 0 Å². The SMILES string of the molecule is Nc1ccc2c(c1)CCCC2NC(=O)Cc1cccc(Br)c1. The van der Waals surface area contributed by atoms with Crippen molar-refractivity contribution < 1.29 is 4.79 Å². The van der Waals surface area contributed by atoms with Crippen LogP contribution in [0.15, 0.2) is 46.9 Å². The number of halogens is 1. The zero-order chi connectivity index (χ0) is 15.5. The van der Waals surface area contributed by atoms with E-state index in [0.717, 1.165) is 35.0 Å². The maximum absolute atomic E-state index is 12.3. The highest BCUT2D eigenvalue weighted by Crippen LogP contribution is 2.31. The largest absolute Gasteiger partial charge is 0.399 e. The van der Waals surface area contributed by atoms with Crippen LogP contribution in [0.5, 0.6) is 0 Å². The number of hydrogen-bond donors (Lipinski definition) is 2. The Balaban J connectivity index is 1.70. The van der Waals surface area contributed by atoms with Gasteiger partial charge in [-0.1, -0.05) is 34.1 Å². The fourth-order valence-electron chi connectivity index (χ4n) is 3.06. The van der Waals surface area contributed by atoms with Gasteiger partial charge in [-0.2, -0.15) is 0 Å². The molecule has 2 aromatic carbocycles. The lowest BCUT2D eigenvalue weighted by atomic mass is 9.87. The number of fused-ring (bicyclic) bond motifs is 1. The van der Waals surface area contributed by atoms with Gasteiger partial charge in [0, 0.05) is 10.2 Å². The van der Waals surface area contributed by atoms with Crippen LogP contribution in [0.4, 0.5) is 5.69 Å². The van der Waals surface area contributed by atoms with Crippen LogP contribution >= 0.6 is 15.9 Å². The van der Waals surface area contributed by atoms with Crippen LogP contribution in [0.1, 0.15) is 35.6 Å². The molecule has 0 radical (unpaired) electrons. The first-order valence-electron chi connectivity index (χ1n) is 7.54. The lowest BCUT2D eigenvalue weighted by Crippen LogP contribution is -2.32. The minimum Gasteiger partial charge on any atom is -0.399 e. The van der Waals surface area contributed by atoms with Gasteiger partial charge in [0.1, 0.15) is 0 Å². The third kappa shape index (κ3) is 3.50. The van der Waals surface area contributed by atoms with Gasteiger partial charge < -0.3 is 11.1 Å². The first-order valence-corrected chi connectivity index (χ1v) is 8.33. The van der Waals surface area contributed by atoms with E-state index >= 15 is 0 Å². The molecule has 1 atom stereocenters. The van der Waals surface area contributed by atoms with E-state index in [4.69, 9.17) is 5.73 Å². The molecular weight excluding hydrogens is 340 g/mol. The number of carbonyl (C=O) groups excluding carboxylic acids is 1. The first-order chi connectivity index (χ1) is 10.6. The number of nitrogens with one attached hydrogen (secondary N) is 1. The Hall–Kier alpha value is -1.81. The summed E-state index contributed by atoms with van der Waals surface area (Å²) in [5, 5.41) is 3.17. The van der Waals surface area contributed by atoms with Gasteiger partial charge in [0.2, 0.25) is 5.91 Å². The minimum atomic E-state index is 0.0628. The molecular formula is C18H19BrN2O. The fraction of sp³-hybridized carbons (Fsp3) is 0.278. The lowest BCUT2D eigenvalue weighted by Gasteiger charge is -2.26. The monoisotopic (exact) mass is 358 g/mol. The van der Waals surface area contributed by atoms with Crippen LogP contribution in [-0.4, -0.2) is 5.91 Å². The maximum Gasteiger partial charge on any atom is 0.224 e. The standard InChI is InChI=1S/C18H19BrN2O/c19-14-5-1-3-12(9-14)10-18(22)21-17-6-2-4-13-11-15(20)7-8-16(13)17/h1,3,5,7-9,11,17H,2,4,6,10,20H2,(H,21,22). The second-order valence-electron chi connectivity index (χ2n) is 5.78. The molecule has 1 amide bonds. The van der Waals surface area contributed by atoms with Gasteiger partial charge in [0.25, 0.3) is 0 Å². The number of rotatable bonds is 3. The first kappa shape index (κ1) is 15.1. The number of benzene rings is 2. The molecule has 0 saturated carbocycles. The molecule has 22 heavy (non-hydrogen) atoms. The Labute approximate surface area is 139 Å². The normalized spacial score (nSPS) is 16.9. The van der Waals surface area contributed by atoms with Crippen molar-refractivity contribution in [2.45, 2.75) is 31.7 Å². The summed E-state index contributed by atoms with van der Waals surface area (Å²) in [6.07, 6.45) is 3.51. The Morgan fingerprint density at radius 1 is 1.27 bits per heavy atom. The number of nitrogens with two attached hydrogens (primary N) is 1. The summed E-state index contributed by atoms with van der Waals surface area (Å²) in [5.41, 5.74) is 10.1. The molecule has 1 aliphatic rings. The molecule has 0 saturated heterocycles. The number of hydrogen-bond acceptors (Lipinski definition) is 2. The van der Waals surface area contributed by atoms with Crippen molar-refractivity contribution in [3.8, 4) is 0 Å². The predicted molar refractivity (Wildman–Crippen MR) is 92.5 cm³/mol. The number of nitrogen functional groups attached to an aromatic ring is 1. The predicted octanol–water partition coefficient (Wildman–Crippen LogP) is 3.77.